The Morgan fingerprint density at radius 2 is 1.89 bits per heavy atom. The zero-order chi connectivity index (χ0) is 20.3. The quantitative estimate of drug-likeness (QED) is 0.751. The van der Waals surface area contributed by atoms with Gasteiger partial charge in [0.05, 0.1) is 30.4 Å². The zero-order valence-electron chi connectivity index (χ0n) is 14.8. The number of thioether (sulfide) groups is 1. The Bertz CT molecular complexity index is 971. The van der Waals surface area contributed by atoms with Crippen molar-refractivity contribution in [2.45, 2.75) is 6.18 Å². The van der Waals surface area contributed by atoms with E-state index in [1.807, 2.05) is 0 Å². The number of benzene rings is 2. The molecule has 1 heterocycles. The highest BCUT2D eigenvalue weighted by Gasteiger charge is 2.30. The van der Waals surface area contributed by atoms with Crippen LogP contribution in [0.4, 0.5) is 18.9 Å². The van der Waals surface area contributed by atoms with Gasteiger partial charge in [0, 0.05) is 5.56 Å². The Hall–Kier alpha value is -2.94. The van der Waals surface area contributed by atoms with Gasteiger partial charge < -0.3 is 14.8 Å². The summed E-state index contributed by atoms with van der Waals surface area (Å²) in [6, 6.07) is 9.73. The van der Waals surface area contributed by atoms with Gasteiger partial charge in [0.2, 0.25) is 0 Å². The van der Waals surface area contributed by atoms with E-state index in [0.717, 1.165) is 23.9 Å². The third-order valence-electron chi connectivity index (χ3n) is 3.78. The van der Waals surface area contributed by atoms with Gasteiger partial charge in [0.1, 0.15) is 11.5 Å². The largest absolute Gasteiger partial charge is 0.497 e. The molecule has 1 amide bonds. The number of ether oxygens (including phenoxy) is 2. The molecule has 2 aromatic carbocycles. The van der Waals surface area contributed by atoms with E-state index in [0.29, 0.717) is 22.0 Å². The molecule has 0 bridgehead atoms. The molecule has 28 heavy (non-hydrogen) atoms. The van der Waals surface area contributed by atoms with Gasteiger partial charge in [-0.05, 0) is 54.2 Å². The Kier molecular flexibility index (Phi) is 5.64. The van der Waals surface area contributed by atoms with Crippen LogP contribution in [0.1, 0.15) is 11.1 Å². The monoisotopic (exact) mass is 408 g/mol. The fraction of sp³-hybridized carbons (Fsp3) is 0.158. The molecule has 0 atom stereocenters. The first-order chi connectivity index (χ1) is 13.3. The summed E-state index contributed by atoms with van der Waals surface area (Å²) in [4.78, 5) is 16.7. The lowest BCUT2D eigenvalue weighted by Gasteiger charge is -2.07. The van der Waals surface area contributed by atoms with Crippen LogP contribution in [0.2, 0.25) is 0 Å². The van der Waals surface area contributed by atoms with Gasteiger partial charge in [-0.15, -0.1) is 0 Å². The lowest BCUT2D eigenvalue weighted by molar-refractivity contribution is -0.137. The first-order valence-corrected chi connectivity index (χ1v) is 8.80. The van der Waals surface area contributed by atoms with Crippen molar-refractivity contribution in [1.82, 2.24) is 5.32 Å². The van der Waals surface area contributed by atoms with E-state index < -0.39 is 17.6 Å². The highest BCUT2D eigenvalue weighted by molar-refractivity contribution is 8.18. The second-order valence-electron chi connectivity index (χ2n) is 5.64. The smallest absolute Gasteiger partial charge is 0.416 e. The lowest BCUT2D eigenvalue weighted by Crippen LogP contribution is -2.19. The summed E-state index contributed by atoms with van der Waals surface area (Å²) in [5, 5.41) is 2.74. The summed E-state index contributed by atoms with van der Waals surface area (Å²) in [5.41, 5.74) is -0.0850. The van der Waals surface area contributed by atoms with E-state index >= 15 is 0 Å². The van der Waals surface area contributed by atoms with E-state index in [-0.39, 0.29) is 10.9 Å². The molecule has 9 heteroatoms. The maximum Gasteiger partial charge on any atom is 0.416 e. The molecule has 0 aliphatic carbocycles. The van der Waals surface area contributed by atoms with Crippen LogP contribution in [0.15, 0.2) is 52.4 Å². The van der Waals surface area contributed by atoms with Crippen LogP contribution < -0.4 is 14.8 Å². The molecule has 0 saturated carbocycles. The third-order valence-corrected chi connectivity index (χ3v) is 4.69. The van der Waals surface area contributed by atoms with Crippen LogP contribution in [0.5, 0.6) is 11.5 Å². The van der Waals surface area contributed by atoms with Gasteiger partial charge >= 0.3 is 6.18 Å². The van der Waals surface area contributed by atoms with Crippen molar-refractivity contribution in [2.24, 2.45) is 4.99 Å². The maximum absolute atomic E-state index is 12.8. The number of carbonyl (C=O) groups excluding carboxylic acids is 1. The standard InChI is InChI=1S/C19H15F3N2O3S/c1-26-14-6-7-15(27-2)11(8-14)9-16-17(25)24-18(28-16)23-13-5-3-4-12(10-13)19(20,21)22/h3-10H,1-2H3,(H,23,24,25)/b16-9-. The number of carbonyl (C=O) groups is 1. The molecule has 1 fully saturated rings. The summed E-state index contributed by atoms with van der Waals surface area (Å²) in [7, 11) is 3.03. The predicted molar refractivity (Wildman–Crippen MR) is 102 cm³/mol. The molecule has 0 unspecified atom stereocenters. The minimum absolute atomic E-state index is 0.0952. The molecule has 1 aliphatic heterocycles. The minimum Gasteiger partial charge on any atom is -0.497 e. The van der Waals surface area contributed by atoms with Crippen molar-refractivity contribution in [2.75, 3.05) is 14.2 Å². The first-order valence-electron chi connectivity index (χ1n) is 7.99. The van der Waals surface area contributed by atoms with Crippen molar-refractivity contribution in [3.05, 3.63) is 58.5 Å². The zero-order valence-corrected chi connectivity index (χ0v) is 15.6. The Balaban J connectivity index is 1.88. The molecule has 0 radical (unpaired) electrons. The number of hydrogen-bond donors (Lipinski definition) is 1. The molecule has 3 rings (SSSR count). The summed E-state index contributed by atoms with van der Waals surface area (Å²) in [5.74, 6) is 0.736. The molecule has 2 aromatic rings. The van der Waals surface area contributed by atoms with Crippen molar-refractivity contribution in [1.29, 1.82) is 0 Å². The molecule has 1 aliphatic rings. The van der Waals surface area contributed by atoms with Gasteiger partial charge in [-0.3, -0.25) is 4.79 Å². The number of rotatable bonds is 4. The topological polar surface area (TPSA) is 59.9 Å². The molecule has 1 N–H and O–H groups in total. The molecule has 1 saturated heterocycles. The second kappa shape index (κ2) is 7.97. The molecule has 5 nitrogen and oxygen atoms in total. The van der Waals surface area contributed by atoms with Gasteiger partial charge in [0.15, 0.2) is 5.17 Å². The van der Waals surface area contributed by atoms with Gasteiger partial charge in [-0.25, -0.2) is 4.99 Å². The number of methoxy groups -OCH3 is 2. The van der Waals surface area contributed by atoms with Crippen LogP contribution >= 0.6 is 11.8 Å². The molecule has 0 aromatic heterocycles. The average molecular weight is 408 g/mol. The Morgan fingerprint density at radius 1 is 1.11 bits per heavy atom. The van der Waals surface area contributed by atoms with Crippen molar-refractivity contribution >= 4 is 34.6 Å². The van der Waals surface area contributed by atoms with Gasteiger partial charge in [0.25, 0.3) is 5.91 Å². The van der Waals surface area contributed by atoms with Crippen LogP contribution in [0.25, 0.3) is 6.08 Å². The number of halogens is 3. The maximum atomic E-state index is 12.8. The van der Waals surface area contributed by atoms with Crippen LogP contribution in [0, 0.1) is 0 Å². The second-order valence-corrected chi connectivity index (χ2v) is 6.67. The summed E-state index contributed by atoms with van der Waals surface area (Å²) in [6.45, 7) is 0. The average Bonchev–Trinajstić information content (AvgIpc) is 3.00. The third kappa shape index (κ3) is 4.48. The van der Waals surface area contributed by atoms with Crippen molar-refractivity contribution < 1.29 is 27.4 Å². The number of alkyl halides is 3. The Morgan fingerprint density at radius 3 is 2.57 bits per heavy atom. The van der Waals surface area contributed by atoms with E-state index in [1.54, 1.807) is 24.3 Å². The van der Waals surface area contributed by atoms with E-state index in [4.69, 9.17) is 9.47 Å². The van der Waals surface area contributed by atoms with E-state index in [2.05, 4.69) is 10.3 Å². The lowest BCUT2D eigenvalue weighted by atomic mass is 10.1. The molecular formula is C19H15F3N2O3S. The highest BCUT2D eigenvalue weighted by Crippen LogP contribution is 2.34. The van der Waals surface area contributed by atoms with Crippen molar-refractivity contribution in [3.8, 4) is 11.5 Å². The number of nitrogens with one attached hydrogen (secondary N) is 1. The molecule has 0 spiro atoms. The van der Waals surface area contributed by atoms with Crippen LogP contribution in [-0.2, 0) is 11.0 Å². The number of nitrogens with zero attached hydrogens (tertiary/aromatic N) is 1. The minimum atomic E-state index is -4.46. The normalized spacial score (nSPS) is 17.1. The number of hydrogen-bond acceptors (Lipinski definition) is 5. The summed E-state index contributed by atoms with van der Waals surface area (Å²) < 4.78 is 48.9. The highest BCUT2D eigenvalue weighted by atomic mass is 32.2. The number of amidine groups is 1. The first kappa shape index (κ1) is 19.8. The number of aliphatic imine (C=N–C) groups is 1. The fourth-order valence-electron chi connectivity index (χ4n) is 2.44. The predicted octanol–water partition coefficient (Wildman–Crippen LogP) is 4.61. The molecule has 146 valence electrons. The summed E-state index contributed by atoms with van der Waals surface area (Å²) >= 11 is 1.03. The van der Waals surface area contributed by atoms with E-state index in [1.165, 1.54) is 26.4 Å². The van der Waals surface area contributed by atoms with Crippen molar-refractivity contribution in [3.63, 3.8) is 0 Å². The van der Waals surface area contributed by atoms with Crippen LogP contribution in [-0.4, -0.2) is 25.3 Å². The fourth-order valence-corrected chi connectivity index (χ4v) is 3.28. The van der Waals surface area contributed by atoms with Gasteiger partial charge in [-0.1, -0.05) is 6.07 Å². The Labute approximate surface area is 163 Å². The summed E-state index contributed by atoms with van der Waals surface area (Å²) in [6.07, 6.45) is -2.85. The SMILES string of the molecule is COc1ccc(OC)c(/C=C2\SC(=Nc3cccc(C(F)(F)F)c3)NC2=O)c1. The number of amides is 1. The van der Waals surface area contributed by atoms with Gasteiger partial charge in [-0.2, -0.15) is 13.2 Å². The molecular weight excluding hydrogens is 393 g/mol. The van der Waals surface area contributed by atoms with Crippen LogP contribution in [0.3, 0.4) is 0 Å². The van der Waals surface area contributed by atoms with E-state index in [9.17, 15) is 18.0 Å².